The number of nitrogens with one attached hydrogen (secondary N) is 1. The summed E-state index contributed by atoms with van der Waals surface area (Å²) in [6, 6.07) is 10.2. The summed E-state index contributed by atoms with van der Waals surface area (Å²) in [4.78, 5) is 19.8. The van der Waals surface area contributed by atoms with E-state index in [4.69, 9.17) is 15.0 Å². The Kier molecular flexibility index (Phi) is 10.8. The van der Waals surface area contributed by atoms with Crippen LogP contribution >= 0.6 is 45.2 Å². The molecule has 3 atom stereocenters. The van der Waals surface area contributed by atoms with Crippen molar-refractivity contribution < 1.29 is 14.3 Å². The lowest BCUT2D eigenvalue weighted by Crippen LogP contribution is -2.37. The van der Waals surface area contributed by atoms with E-state index in [9.17, 15) is 4.79 Å². The summed E-state index contributed by atoms with van der Waals surface area (Å²) in [5, 5.41) is 3.40. The number of carbonyl (C=O) groups is 1. The summed E-state index contributed by atoms with van der Waals surface area (Å²) in [5.41, 5.74) is 11.8. The quantitative estimate of drug-likeness (QED) is 0.110. The van der Waals surface area contributed by atoms with Crippen molar-refractivity contribution in [2.24, 2.45) is 5.11 Å². The van der Waals surface area contributed by atoms with Gasteiger partial charge in [-0.15, -0.1) is 0 Å². The summed E-state index contributed by atoms with van der Waals surface area (Å²) in [6.07, 6.45) is 3.86. The Hall–Kier alpha value is -1.44. The van der Waals surface area contributed by atoms with Crippen molar-refractivity contribution in [3.8, 4) is 5.75 Å². The van der Waals surface area contributed by atoms with Gasteiger partial charge in [0.25, 0.3) is 0 Å². The van der Waals surface area contributed by atoms with Crippen molar-refractivity contribution in [1.82, 2.24) is 9.88 Å². The zero-order valence-electron chi connectivity index (χ0n) is 21.1. The molecular formula is C27H34I2N4O3. The molecule has 9 heteroatoms. The van der Waals surface area contributed by atoms with Crippen LogP contribution in [0.15, 0.2) is 53.9 Å². The van der Waals surface area contributed by atoms with Crippen molar-refractivity contribution in [2.45, 2.75) is 68.8 Å². The third-order valence-electron chi connectivity index (χ3n) is 6.43. The molecule has 36 heavy (non-hydrogen) atoms. The highest BCUT2D eigenvalue weighted by molar-refractivity contribution is 14.1. The second-order valence-corrected chi connectivity index (χ2v) is 12.1. The van der Waals surface area contributed by atoms with E-state index in [2.05, 4.69) is 77.1 Å². The Morgan fingerprint density at radius 1 is 1.42 bits per heavy atom. The van der Waals surface area contributed by atoms with Crippen LogP contribution in [0.4, 0.5) is 0 Å². The third-order valence-corrected chi connectivity index (χ3v) is 10.0. The zero-order valence-corrected chi connectivity index (χ0v) is 25.4. The van der Waals surface area contributed by atoms with Crippen LogP contribution in [0, 0.1) is 12.5 Å². The number of ether oxygens (including phenoxy) is 2. The van der Waals surface area contributed by atoms with Crippen molar-refractivity contribution in [2.75, 3.05) is 13.2 Å². The number of benzene rings is 1. The van der Waals surface area contributed by atoms with Crippen LogP contribution in [0.25, 0.3) is 0 Å². The lowest BCUT2D eigenvalue weighted by molar-refractivity contribution is -0.115. The molecule has 0 radical (unpaired) electrons. The molecular weight excluding hydrogens is 682 g/mol. The molecule has 2 heterocycles. The molecule has 7 nitrogen and oxygen atoms in total. The Balaban J connectivity index is 1.95. The first kappa shape index (κ1) is 29.1. The summed E-state index contributed by atoms with van der Waals surface area (Å²) in [5.74, 6) is 0.862. The number of alkyl halides is 1. The number of carbonyl (C=O) groups excluding carboxylic acids is 1. The van der Waals surface area contributed by atoms with Crippen molar-refractivity contribution in [1.29, 1.82) is 5.53 Å². The minimum absolute atomic E-state index is 0.0428. The van der Waals surface area contributed by atoms with Crippen LogP contribution in [0.2, 0.25) is 0 Å². The summed E-state index contributed by atoms with van der Waals surface area (Å²) < 4.78 is 11.8. The van der Waals surface area contributed by atoms with Crippen LogP contribution in [-0.2, 0) is 22.6 Å². The maximum atomic E-state index is 12.9. The number of nitrogens with zero attached hydrogens (tertiary/aromatic N) is 3. The molecule has 0 fully saturated rings. The Morgan fingerprint density at radius 3 is 2.86 bits per heavy atom. The highest BCUT2D eigenvalue weighted by Crippen LogP contribution is 2.44. The van der Waals surface area contributed by atoms with Gasteiger partial charge in [0.05, 0.1) is 18.0 Å². The number of rotatable bonds is 12. The monoisotopic (exact) mass is 716 g/mol. The number of aryl methyl sites for hydroxylation is 1. The predicted octanol–water partition coefficient (Wildman–Crippen LogP) is 7.10. The molecule has 1 N–H and O–H groups in total. The van der Waals surface area contributed by atoms with Crippen LogP contribution in [0.3, 0.4) is 0 Å². The number of fused-ring (bicyclic) bond motifs is 1. The van der Waals surface area contributed by atoms with E-state index in [0.717, 1.165) is 42.9 Å². The topological polar surface area (TPSA) is 87.9 Å². The van der Waals surface area contributed by atoms with Gasteiger partial charge in [0, 0.05) is 48.4 Å². The minimum atomic E-state index is -0.742. The number of pyridine rings is 1. The highest BCUT2D eigenvalue weighted by atomic mass is 127. The van der Waals surface area contributed by atoms with Gasteiger partial charge in [0.1, 0.15) is 21.4 Å². The maximum Gasteiger partial charge on any atom is 0.211 e. The molecule has 2 aromatic rings. The first-order valence-corrected chi connectivity index (χ1v) is 14.4. The number of aromatic nitrogens is 1. The SMILES string of the molecule is C=C(CO[C@@H](c1ccc(C)c(CN2Cc3ncccc3O[C@H](CC)C2)c1)C(I)(CCC)C(=O)I)N=N. The fraction of sp³-hybridized carbons (Fsp3) is 0.481. The number of hydrogen-bond acceptors (Lipinski definition) is 7. The molecule has 3 rings (SSSR count). The molecule has 1 unspecified atom stereocenters. The normalized spacial score (nSPS) is 18.3. The first-order valence-electron chi connectivity index (χ1n) is 12.2. The van der Waals surface area contributed by atoms with Gasteiger partial charge in [-0.05, 0) is 48.6 Å². The Bertz CT molecular complexity index is 1100. The van der Waals surface area contributed by atoms with E-state index in [1.54, 1.807) is 0 Å². The lowest BCUT2D eigenvalue weighted by Gasteiger charge is -2.34. The Morgan fingerprint density at radius 2 is 2.19 bits per heavy atom. The van der Waals surface area contributed by atoms with Crippen molar-refractivity contribution >= 4 is 49.0 Å². The van der Waals surface area contributed by atoms with Crippen LogP contribution in [-0.4, -0.2) is 36.4 Å². The molecule has 0 bridgehead atoms. The average molecular weight is 716 g/mol. The summed E-state index contributed by atoms with van der Waals surface area (Å²) >= 11 is 4.14. The second kappa shape index (κ2) is 13.4. The summed E-state index contributed by atoms with van der Waals surface area (Å²) in [6.45, 7) is 12.4. The maximum absolute atomic E-state index is 12.9. The Labute approximate surface area is 241 Å². The fourth-order valence-electron chi connectivity index (χ4n) is 4.43. The number of halogens is 2. The van der Waals surface area contributed by atoms with E-state index in [-0.39, 0.29) is 16.5 Å². The van der Waals surface area contributed by atoms with E-state index >= 15 is 0 Å². The van der Waals surface area contributed by atoms with Crippen molar-refractivity contribution in [3.63, 3.8) is 0 Å². The van der Waals surface area contributed by atoms with Gasteiger partial charge in [0.2, 0.25) is 3.79 Å². The van der Waals surface area contributed by atoms with Crippen LogP contribution < -0.4 is 4.74 Å². The van der Waals surface area contributed by atoms with Gasteiger partial charge in [0.15, 0.2) is 0 Å². The van der Waals surface area contributed by atoms with Gasteiger partial charge in [-0.1, -0.05) is 67.6 Å². The fourth-order valence-corrected chi connectivity index (χ4v) is 6.06. The summed E-state index contributed by atoms with van der Waals surface area (Å²) in [7, 11) is 0. The molecule has 0 spiro atoms. The molecule has 1 aliphatic rings. The second-order valence-electron chi connectivity index (χ2n) is 9.21. The smallest absolute Gasteiger partial charge is 0.211 e. The van der Waals surface area contributed by atoms with E-state index in [1.807, 2.05) is 47.0 Å². The van der Waals surface area contributed by atoms with Crippen LogP contribution in [0.5, 0.6) is 5.75 Å². The third kappa shape index (κ3) is 7.11. The molecule has 0 aliphatic carbocycles. The largest absolute Gasteiger partial charge is 0.487 e. The van der Waals surface area contributed by atoms with E-state index < -0.39 is 9.53 Å². The van der Waals surface area contributed by atoms with Crippen molar-refractivity contribution in [3.05, 3.63) is 71.2 Å². The van der Waals surface area contributed by atoms with Gasteiger partial charge in [-0.3, -0.25) is 14.7 Å². The lowest BCUT2D eigenvalue weighted by atomic mass is 9.90. The zero-order chi connectivity index (χ0) is 26.3. The van der Waals surface area contributed by atoms with Crippen LogP contribution in [0.1, 0.15) is 61.6 Å². The first-order chi connectivity index (χ1) is 17.2. The van der Waals surface area contributed by atoms with Gasteiger partial charge >= 0.3 is 0 Å². The molecule has 194 valence electrons. The van der Waals surface area contributed by atoms with Gasteiger partial charge in [-0.2, -0.15) is 5.11 Å². The predicted molar refractivity (Wildman–Crippen MR) is 158 cm³/mol. The standard InChI is InChI=1S/C27H34I2N4O3/c1-5-11-27(29,26(28)34)25(35-17-19(4)32-30)20-10-9-18(3)21(13-20)14-33-15-22(6-2)36-24-8-7-12-31-23(24)16-33/h7-10,12-13,22,25,30H,4-6,11,14-17H2,1-3H3/t22-,25+,27?/m1/s1. The van der Waals surface area contributed by atoms with E-state index in [0.29, 0.717) is 18.7 Å². The minimum Gasteiger partial charge on any atom is -0.487 e. The number of hydrogen-bond donors (Lipinski definition) is 1. The molecule has 1 aliphatic heterocycles. The molecule has 0 saturated carbocycles. The molecule has 0 amide bonds. The average Bonchev–Trinajstić information content (AvgIpc) is 3.04. The molecule has 1 aromatic carbocycles. The van der Waals surface area contributed by atoms with E-state index in [1.165, 1.54) is 11.1 Å². The van der Waals surface area contributed by atoms with Gasteiger partial charge < -0.3 is 9.47 Å². The highest BCUT2D eigenvalue weighted by Gasteiger charge is 2.43. The van der Waals surface area contributed by atoms with Gasteiger partial charge in [-0.25, -0.2) is 5.53 Å². The molecule has 1 aromatic heterocycles. The molecule has 0 saturated heterocycles.